The van der Waals surface area contributed by atoms with Crippen molar-refractivity contribution in [3.05, 3.63) is 137 Å². The van der Waals surface area contributed by atoms with Crippen molar-refractivity contribution in [3.8, 4) is 0 Å². The van der Waals surface area contributed by atoms with E-state index in [0.29, 0.717) is 18.4 Å². The molecule has 3 aliphatic rings. The maximum Gasteiger partial charge on any atom is 0.252 e. The Kier molecular flexibility index (Phi) is 8.40. The molecule has 0 radical (unpaired) electrons. The lowest BCUT2D eigenvalue weighted by Gasteiger charge is -2.26. The monoisotopic (exact) mass is 594 g/mol. The first-order valence-corrected chi connectivity index (χ1v) is 16.1. The number of benzene rings is 4. The summed E-state index contributed by atoms with van der Waals surface area (Å²) in [6, 6.07) is 33.5. The predicted octanol–water partition coefficient (Wildman–Crippen LogP) is 5.50. The number of carbonyl (C=O) groups is 1. The zero-order valence-corrected chi connectivity index (χ0v) is 24.8. The van der Waals surface area contributed by atoms with Gasteiger partial charge in [0.2, 0.25) is 5.90 Å². The van der Waals surface area contributed by atoms with Crippen molar-refractivity contribution in [3.63, 3.8) is 0 Å². The molecule has 0 aromatic heterocycles. The van der Waals surface area contributed by atoms with Crippen LogP contribution < -0.4 is 0 Å². The van der Waals surface area contributed by atoms with Crippen molar-refractivity contribution in [2.45, 2.75) is 36.4 Å². The lowest BCUT2D eigenvalue weighted by Crippen LogP contribution is -2.40. The second-order valence-electron chi connectivity index (χ2n) is 11.0. The van der Waals surface area contributed by atoms with Gasteiger partial charge in [-0.3, -0.25) is 4.79 Å². The second kappa shape index (κ2) is 12.5. The highest BCUT2D eigenvalue weighted by Crippen LogP contribution is 2.37. The fourth-order valence-electron chi connectivity index (χ4n) is 5.41. The average Bonchev–Trinajstić information content (AvgIpc) is 3.42. The third kappa shape index (κ3) is 6.40. The second-order valence-corrected chi connectivity index (χ2v) is 13.1. The van der Waals surface area contributed by atoms with Crippen molar-refractivity contribution in [2.24, 2.45) is 4.99 Å². The molecule has 0 N–H and O–H groups in total. The maximum atomic E-state index is 13.5. The Morgan fingerprint density at radius 1 is 0.837 bits per heavy atom. The van der Waals surface area contributed by atoms with E-state index in [1.165, 1.54) is 11.1 Å². The van der Waals surface area contributed by atoms with Crippen LogP contribution in [0.3, 0.4) is 0 Å². The number of fused-ring (bicyclic) bond motifs is 3. The van der Waals surface area contributed by atoms with Crippen LogP contribution in [0.2, 0.25) is 0 Å². The largest absolute Gasteiger partial charge is 0.466 e. The molecule has 7 rings (SSSR count). The Bertz CT molecular complexity index is 1700. The van der Waals surface area contributed by atoms with Gasteiger partial charge in [-0.15, -0.1) is 0 Å². The van der Waals surface area contributed by atoms with Crippen LogP contribution in [-0.2, 0) is 30.7 Å². The molecule has 4 aromatic carbocycles. The average molecular weight is 595 g/mol. The Morgan fingerprint density at radius 2 is 1.49 bits per heavy atom. The van der Waals surface area contributed by atoms with E-state index in [-0.39, 0.29) is 23.1 Å². The third-order valence-corrected chi connectivity index (χ3v) is 9.72. The summed E-state index contributed by atoms with van der Waals surface area (Å²) in [6.45, 7) is 4.34. The molecule has 220 valence electrons. The van der Waals surface area contributed by atoms with Crippen molar-refractivity contribution in [2.75, 3.05) is 25.5 Å². The first-order chi connectivity index (χ1) is 20.9. The molecule has 3 heterocycles. The number of aliphatic imine (C=N–C) groups is 1. The molecule has 7 nitrogen and oxygen atoms in total. The van der Waals surface area contributed by atoms with Crippen LogP contribution in [0.25, 0.3) is 0 Å². The number of aryl methyl sites for hydroxylation is 1. The van der Waals surface area contributed by atoms with Gasteiger partial charge >= 0.3 is 0 Å². The number of amides is 1. The summed E-state index contributed by atoms with van der Waals surface area (Å²) in [5.41, 5.74) is 5.41. The molecular weight excluding hydrogens is 560 g/mol. The van der Waals surface area contributed by atoms with Crippen LogP contribution in [0.4, 0.5) is 0 Å². The van der Waals surface area contributed by atoms with Gasteiger partial charge in [0.15, 0.2) is 22.0 Å². The fraction of sp³-hybridized carbons (Fsp3) is 0.257. The number of hydrogen-bond acceptors (Lipinski definition) is 6. The quantitative estimate of drug-likeness (QED) is 0.295. The lowest BCUT2D eigenvalue weighted by molar-refractivity contribution is -0.133. The first-order valence-electron chi connectivity index (χ1n) is 14.5. The molecule has 0 bridgehead atoms. The minimum atomic E-state index is -3.51. The third-order valence-electron chi connectivity index (χ3n) is 8.01. The van der Waals surface area contributed by atoms with Crippen LogP contribution >= 0.6 is 0 Å². The Hall–Kier alpha value is -4.27. The number of carbonyl (C=O) groups excluding carboxylic acids is 1. The van der Waals surface area contributed by atoms with Crippen molar-refractivity contribution in [1.29, 1.82) is 0 Å². The van der Waals surface area contributed by atoms with E-state index >= 15 is 0 Å². The minimum absolute atomic E-state index is 0.0871. The molecular formula is C35H34N2O5S. The summed E-state index contributed by atoms with van der Waals surface area (Å²) < 4.78 is 36.9. The van der Waals surface area contributed by atoms with Gasteiger partial charge in [-0.2, -0.15) is 0 Å². The van der Waals surface area contributed by atoms with Crippen molar-refractivity contribution < 1.29 is 22.7 Å². The minimum Gasteiger partial charge on any atom is -0.466 e. The molecule has 0 saturated carbocycles. The van der Waals surface area contributed by atoms with Gasteiger partial charge in [0, 0.05) is 30.1 Å². The number of hydrogen-bond donors (Lipinski definition) is 0. The Morgan fingerprint density at radius 3 is 2.16 bits per heavy atom. The lowest BCUT2D eigenvalue weighted by atomic mass is 9.97. The molecule has 43 heavy (non-hydrogen) atoms. The molecule has 1 saturated heterocycles. The van der Waals surface area contributed by atoms with Crippen LogP contribution in [0.15, 0.2) is 119 Å². The standard InChI is InChI=1S/C25H22N2O4S.C10H12O/c28-25-22-23(31-24(26-22)18-9-3-1-4-10-18)21-14-8-7-11-19(21)17-27(25)15-16-32(29,30)20-12-5-2-6-13-20;1-8-2-4-9(5-3-8)10-6-11-7-10/h1-14,22-23H,15-17H2;2-5,10H,6-7H2,1H3/t22-,23-;/m0./s1. The molecule has 0 spiro atoms. The van der Waals surface area contributed by atoms with Crippen molar-refractivity contribution in [1.82, 2.24) is 4.90 Å². The number of nitrogens with zero attached hydrogens (tertiary/aromatic N) is 2. The molecule has 0 aliphatic carbocycles. The first kappa shape index (κ1) is 28.8. The van der Waals surface area contributed by atoms with Crippen LogP contribution in [0, 0.1) is 6.92 Å². The van der Waals surface area contributed by atoms with Gasteiger partial charge in [-0.05, 0) is 42.3 Å². The topological polar surface area (TPSA) is 85.3 Å². The maximum absolute atomic E-state index is 13.5. The SMILES string of the molecule is Cc1ccc(C2COC2)cc1.O=C1[C@H]2N=C(c3ccccc3)O[C@H]2c2ccccc2CN1CCS(=O)(=O)c1ccccc1. The summed E-state index contributed by atoms with van der Waals surface area (Å²) in [5, 5.41) is 0. The van der Waals surface area contributed by atoms with Gasteiger partial charge < -0.3 is 14.4 Å². The van der Waals surface area contributed by atoms with E-state index in [9.17, 15) is 13.2 Å². The smallest absolute Gasteiger partial charge is 0.252 e. The summed E-state index contributed by atoms with van der Waals surface area (Å²) >= 11 is 0. The Balaban J connectivity index is 0.000000250. The number of rotatable bonds is 6. The molecule has 1 amide bonds. The predicted molar refractivity (Wildman–Crippen MR) is 166 cm³/mol. The van der Waals surface area contributed by atoms with Crippen LogP contribution in [-0.4, -0.2) is 56.7 Å². The van der Waals surface area contributed by atoms with Crippen LogP contribution in [0.5, 0.6) is 0 Å². The summed E-state index contributed by atoms with van der Waals surface area (Å²) in [6.07, 6.45) is -0.523. The van der Waals surface area contributed by atoms with Gasteiger partial charge in [-0.25, -0.2) is 13.4 Å². The van der Waals surface area contributed by atoms with Crippen molar-refractivity contribution >= 4 is 21.6 Å². The zero-order chi connectivity index (χ0) is 29.8. The highest BCUT2D eigenvalue weighted by atomic mass is 32.2. The fourth-order valence-corrected chi connectivity index (χ4v) is 6.68. The summed E-state index contributed by atoms with van der Waals surface area (Å²) in [4.78, 5) is 19.9. The zero-order valence-electron chi connectivity index (χ0n) is 24.0. The number of sulfone groups is 1. The normalized spacial score (nSPS) is 19.5. The van der Waals surface area contributed by atoms with E-state index in [4.69, 9.17) is 9.47 Å². The molecule has 3 aliphatic heterocycles. The van der Waals surface area contributed by atoms with E-state index < -0.39 is 22.0 Å². The molecule has 0 unspecified atom stereocenters. The summed E-state index contributed by atoms with van der Waals surface area (Å²) in [7, 11) is -3.51. The van der Waals surface area contributed by atoms with E-state index in [2.05, 4.69) is 36.2 Å². The van der Waals surface area contributed by atoms with Gasteiger partial charge in [0.25, 0.3) is 5.91 Å². The molecule has 4 aromatic rings. The highest BCUT2D eigenvalue weighted by Gasteiger charge is 2.43. The molecule has 2 atom stereocenters. The van der Waals surface area contributed by atoms with E-state index in [0.717, 1.165) is 29.9 Å². The van der Waals surface area contributed by atoms with E-state index in [1.807, 2.05) is 54.6 Å². The molecule has 8 heteroatoms. The van der Waals surface area contributed by atoms with E-state index in [1.54, 1.807) is 35.2 Å². The Labute approximate surface area is 252 Å². The van der Waals surface area contributed by atoms with Crippen LogP contribution in [0.1, 0.15) is 39.8 Å². The molecule has 1 fully saturated rings. The number of ether oxygens (including phenoxy) is 2. The summed E-state index contributed by atoms with van der Waals surface area (Å²) in [5.74, 6) is 0.719. The van der Waals surface area contributed by atoms with Gasteiger partial charge in [0.1, 0.15) is 0 Å². The van der Waals surface area contributed by atoms with Gasteiger partial charge in [-0.1, -0.05) is 90.5 Å². The highest BCUT2D eigenvalue weighted by molar-refractivity contribution is 7.91. The van der Waals surface area contributed by atoms with Gasteiger partial charge in [0.05, 0.1) is 23.9 Å².